The van der Waals surface area contributed by atoms with Gasteiger partial charge in [-0.05, 0) is 32.4 Å². The van der Waals surface area contributed by atoms with E-state index >= 15 is 0 Å². The highest BCUT2D eigenvalue weighted by molar-refractivity contribution is 7.99. The molecule has 1 amide bonds. The number of carbonyl (C=O) groups is 1. The highest BCUT2D eigenvalue weighted by Crippen LogP contribution is 2.20. The first-order valence-electron chi connectivity index (χ1n) is 7.63. The molecule has 0 aliphatic rings. The maximum atomic E-state index is 12.1. The number of aryl methyl sites for hydroxylation is 1. The fourth-order valence-electron chi connectivity index (χ4n) is 2.04. The molecular formula is C17H23N3OS. The number of carbonyl (C=O) groups excluding carboxylic acids is 1. The van der Waals surface area contributed by atoms with Crippen molar-refractivity contribution in [3.05, 3.63) is 42.1 Å². The van der Waals surface area contributed by atoms with Gasteiger partial charge in [0.1, 0.15) is 5.82 Å². The van der Waals surface area contributed by atoms with E-state index in [0.29, 0.717) is 6.42 Å². The Morgan fingerprint density at radius 3 is 2.73 bits per heavy atom. The van der Waals surface area contributed by atoms with Crippen LogP contribution in [-0.2, 0) is 4.79 Å². The minimum absolute atomic E-state index is 0.0321. The van der Waals surface area contributed by atoms with Crippen molar-refractivity contribution in [2.75, 3.05) is 11.1 Å². The van der Waals surface area contributed by atoms with Crippen molar-refractivity contribution in [1.82, 2.24) is 9.78 Å². The van der Waals surface area contributed by atoms with Crippen LogP contribution in [0.5, 0.6) is 0 Å². The molecule has 118 valence electrons. The summed E-state index contributed by atoms with van der Waals surface area (Å²) in [5, 5.41) is 7.22. The van der Waals surface area contributed by atoms with E-state index in [0.717, 1.165) is 18.0 Å². The number of amides is 1. The highest BCUT2D eigenvalue weighted by Gasteiger charge is 2.11. The van der Waals surface area contributed by atoms with Gasteiger partial charge in [0, 0.05) is 23.1 Å². The number of rotatable bonds is 7. The zero-order valence-electron chi connectivity index (χ0n) is 13.4. The van der Waals surface area contributed by atoms with Gasteiger partial charge in [0.2, 0.25) is 5.91 Å². The molecule has 1 aromatic heterocycles. The number of nitrogens with one attached hydrogen (secondary N) is 1. The van der Waals surface area contributed by atoms with E-state index < -0.39 is 0 Å². The van der Waals surface area contributed by atoms with Crippen molar-refractivity contribution in [3.63, 3.8) is 0 Å². The number of nitrogens with zero attached hydrogens (tertiary/aromatic N) is 2. The fraction of sp³-hybridized carbons (Fsp3) is 0.412. The van der Waals surface area contributed by atoms with Crippen LogP contribution in [0.4, 0.5) is 5.82 Å². The first-order chi connectivity index (χ1) is 10.6. The van der Waals surface area contributed by atoms with Gasteiger partial charge in [-0.3, -0.25) is 4.79 Å². The molecular weight excluding hydrogens is 294 g/mol. The molecule has 0 aliphatic carbocycles. The molecule has 0 spiro atoms. The minimum atomic E-state index is 0.0321. The van der Waals surface area contributed by atoms with E-state index in [1.54, 1.807) is 18.0 Å². The maximum Gasteiger partial charge on any atom is 0.226 e. The second-order valence-electron chi connectivity index (χ2n) is 5.38. The second kappa shape index (κ2) is 8.03. The number of aromatic nitrogens is 2. The van der Waals surface area contributed by atoms with Gasteiger partial charge in [0.05, 0.1) is 12.2 Å². The molecule has 0 bridgehead atoms. The lowest BCUT2D eigenvalue weighted by Gasteiger charge is -2.14. The maximum absolute atomic E-state index is 12.1. The number of benzene rings is 1. The third kappa shape index (κ3) is 4.63. The van der Waals surface area contributed by atoms with Crippen LogP contribution in [0.1, 0.15) is 38.3 Å². The Bertz CT molecular complexity index is 607. The molecule has 0 fully saturated rings. The van der Waals surface area contributed by atoms with Crippen LogP contribution in [0, 0.1) is 6.92 Å². The Labute approximate surface area is 136 Å². The smallest absolute Gasteiger partial charge is 0.226 e. The largest absolute Gasteiger partial charge is 0.311 e. The lowest BCUT2D eigenvalue weighted by Crippen LogP contribution is -2.17. The molecule has 2 rings (SSSR count). The predicted octanol–water partition coefficient (Wildman–Crippen LogP) is 4.28. The zero-order chi connectivity index (χ0) is 15.9. The average Bonchev–Trinajstić information content (AvgIpc) is 2.96. The summed E-state index contributed by atoms with van der Waals surface area (Å²) >= 11 is 1.70. The first-order valence-corrected chi connectivity index (χ1v) is 8.61. The number of hydrogen-bond acceptors (Lipinski definition) is 3. The molecule has 5 heteroatoms. The summed E-state index contributed by atoms with van der Waals surface area (Å²) in [5.41, 5.74) is 1.25. The van der Waals surface area contributed by atoms with Gasteiger partial charge in [-0.1, -0.05) is 24.6 Å². The summed E-state index contributed by atoms with van der Waals surface area (Å²) in [6, 6.07) is 10.5. The van der Waals surface area contributed by atoms with E-state index in [9.17, 15) is 4.79 Å². The van der Waals surface area contributed by atoms with Crippen LogP contribution in [0.2, 0.25) is 0 Å². The predicted molar refractivity (Wildman–Crippen MR) is 92.4 cm³/mol. The third-order valence-electron chi connectivity index (χ3n) is 3.56. The van der Waals surface area contributed by atoms with Gasteiger partial charge < -0.3 is 5.32 Å². The molecule has 1 heterocycles. The standard InChI is InChI=1S/C17H23N3OS/c1-4-14(3)20-16(9-11-18-20)19-17(21)10-12-22-15-7-5-13(2)6-8-15/h5-9,11,14H,4,10,12H2,1-3H3,(H,19,21). The van der Waals surface area contributed by atoms with Crippen LogP contribution < -0.4 is 5.32 Å². The van der Waals surface area contributed by atoms with E-state index in [2.05, 4.69) is 55.5 Å². The summed E-state index contributed by atoms with van der Waals surface area (Å²) in [6.45, 7) is 6.27. The zero-order valence-corrected chi connectivity index (χ0v) is 14.2. The van der Waals surface area contributed by atoms with Crippen molar-refractivity contribution >= 4 is 23.5 Å². The van der Waals surface area contributed by atoms with Crippen LogP contribution in [0.25, 0.3) is 0 Å². The van der Waals surface area contributed by atoms with Crippen LogP contribution in [-0.4, -0.2) is 21.4 Å². The molecule has 1 atom stereocenters. The Hall–Kier alpha value is -1.75. The first kappa shape index (κ1) is 16.6. The topological polar surface area (TPSA) is 46.9 Å². The molecule has 0 radical (unpaired) electrons. The number of thioether (sulfide) groups is 1. The normalized spacial score (nSPS) is 12.1. The van der Waals surface area contributed by atoms with Gasteiger partial charge in [0.15, 0.2) is 0 Å². The van der Waals surface area contributed by atoms with E-state index in [4.69, 9.17) is 0 Å². The molecule has 4 nitrogen and oxygen atoms in total. The lowest BCUT2D eigenvalue weighted by atomic mass is 10.2. The van der Waals surface area contributed by atoms with Gasteiger partial charge in [-0.2, -0.15) is 5.10 Å². The third-order valence-corrected chi connectivity index (χ3v) is 4.58. The van der Waals surface area contributed by atoms with E-state index in [1.165, 1.54) is 10.5 Å². The summed E-state index contributed by atoms with van der Waals surface area (Å²) in [4.78, 5) is 13.2. The summed E-state index contributed by atoms with van der Waals surface area (Å²) in [6.07, 6.45) is 3.20. The monoisotopic (exact) mass is 317 g/mol. The van der Waals surface area contributed by atoms with Gasteiger partial charge in [-0.15, -0.1) is 11.8 Å². The van der Waals surface area contributed by atoms with Crippen molar-refractivity contribution in [3.8, 4) is 0 Å². The number of anilines is 1. The van der Waals surface area contributed by atoms with Crippen LogP contribution in [0.3, 0.4) is 0 Å². The van der Waals surface area contributed by atoms with Crippen molar-refractivity contribution in [2.45, 2.75) is 44.6 Å². The molecule has 2 aromatic rings. The van der Waals surface area contributed by atoms with E-state index in [1.807, 2.05) is 10.7 Å². The quantitative estimate of drug-likeness (QED) is 0.775. The van der Waals surface area contributed by atoms with Crippen LogP contribution in [0.15, 0.2) is 41.4 Å². The molecule has 22 heavy (non-hydrogen) atoms. The summed E-state index contributed by atoms with van der Waals surface area (Å²) in [7, 11) is 0. The summed E-state index contributed by atoms with van der Waals surface area (Å²) in [5.74, 6) is 1.58. The van der Waals surface area contributed by atoms with Gasteiger partial charge in [-0.25, -0.2) is 4.68 Å². The molecule has 1 N–H and O–H groups in total. The van der Waals surface area contributed by atoms with E-state index in [-0.39, 0.29) is 11.9 Å². The number of hydrogen-bond donors (Lipinski definition) is 1. The SMILES string of the molecule is CCC(C)n1nccc1NC(=O)CCSc1ccc(C)cc1. The average molecular weight is 317 g/mol. The fourth-order valence-corrected chi connectivity index (χ4v) is 2.89. The molecule has 0 aliphatic heterocycles. The Balaban J connectivity index is 1.81. The second-order valence-corrected chi connectivity index (χ2v) is 6.55. The Kier molecular flexibility index (Phi) is 6.07. The highest BCUT2D eigenvalue weighted by atomic mass is 32.2. The van der Waals surface area contributed by atoms with Crippen molar-refractivity contribution in [2.24, 2.45) is 0 Å². The van der Waals surface area contributed by atoms with Crippen molar-refractivity contribution in [1.29, 1.82) is 0 Å². The van der Waals surface area contributed by atoms with Gasteiger partial charge in [0.25, 0.3) is 0 Å². The Morgan fingerprint density at radius 2 is 2.05 bits per heavy atom. The molecule has 0 saturated heterocycles. The summed E-state index contributed by atoms with van der Waals surface area (Å²) < 4.78 is 1.87. The Morgan fingerprint density at radius 1 is 1.32 bits per heavy atom. The van der Waals surface area contributed by atoms with Gasteiger partial charge >= 0.3 is 0 Å². The van der Waals surface area contributed by atoms with Crippen LogP contribution >= 0.6 is 11.8 Å². The molecule has 0 saturated carbocycles. The molecule has 1 unspecified atom stereocenters. The minimum Gasteiger partial charge on any atom is -0.311 e. The lowest BCUT2D eigenvalue weighted by molar-refractivity contribution is -0.115. The van der Waals surface area contributed by atoms with Crippen molar-refractivity contribution < 1.29 is 4.79 Å². The molecule has 1 aromatic carbocycles.